The van der Waals surface area contributed by atoms with E-state index in [1.807, 2.05) is 0 Å². The first kappa shape index (κ1) is 18.2. The Kier molecular flexibility index (Phi) is 8.33. The molecule has 1 saturated heterocycles. The number of methoxy groups -OCH3 is 1. The van der Waals surface area contributed by atoms with Gasteiger partial charge in [-0.15, -0.1) is 0 Å². The molecule has 1 aliphatic carbocycles. The smallest absolute Gasteiger partial charge is 0.0589 e. The number of rotatable bonds is 7. The Morgan fingerprint density at radius 1 is 1.13 bits per heavy atom. The van der Waals surface area contributed by atoms with Crippen molar-refractivity contribution in [2.75, 3.05) is 39.9 Å². The summed E-state index contributed by atoms with van der Waals surface area (Å²) in [4.78, 5) is 6.40. The van der Waals surface area contributed by atoms with Gasteiger partial charge in [0.15, 0.2) is 0 Å². The quantitative estimate of drug-likeness (QED) is 0.710. The second-order valence-corrected chi connectivity index (χ2v) is 6.70. The molecule has 0 N–H and O–H groups in total. The first-order valence-electron chi connectivity index (χ1n) is 9.02. The van der Waals surface area contributed by atoms with Crippen molar-refractivity contribution < 1.29 is 4.74 Å². The SMILES string of the molecule is C=NCCC1CCN(CCOC)CC1.c1ccc(C2CC2)cc1. The highest BCUT2D eigenvalue weighted by atomic mass is 16.5. The molecule has 23 heavy (non-hydrogen) atoms. The molecule has 0 unspecified atom stereocenters. The van der Waals surface area contributed by atoms with Gasteiger partial charge in [0, 0.05) is 20.2 Å². The molecule has 0 atom stereocenters. The molecule has 1 aliphatic heterocycles. The minimum atomic E-state index is 0.860. The van der Waals surface area contributed by atoms with Crippen molar-refractivity contribution in [3.05, 3.63) is 35.9 Å². The van der Waals surface area contributed by atoms with Gasteiger partial charge in [0.2, 0.25) is 0 Å². The Bertz CT molecular complexity index is 423. The van der Waals surface area contributed by atoms with Gasteiger partial charge in [-0.1, -0.05) is 30.3 Å². The van der Waals surface area contributed by atoms with Crippen molar-refractivity contribution in [1.82, 2.24) is 4.90 Å². The van der Waals surface area contributed by atoms with E-state index in [-0.39, 0.29) is 0 Å². The standard InChI is InChI=1S/C11H22N2O.C9H10/c1-12-6-3-11-4-7-13(8-5-11)9-10-14-2;1-2-4-8(5-3-1)9-6-7-9/h11H,1,3-10H2,2H3;1-5,9H,6-7H2. The number of aliphatic imine (C=N–C) groups is 1. The normalized spacial score (nSPS) is 19.0. The molecule has 2 fully saturated rings. The number of hydrogen-bond acceptors (Lipinski definition) is 3. The number of piperidine rings is 1. The highest BCUT2D eigenvalue weighted by Gasteiger charge is 2.22. The molecule has 128 valence electrons. The minimum absolute atomic E-state index is 0.860. The van der Waals surface area contributed by atoms with Crippen molar-refractivity contribution in [1.29, 1.82) is 0 Å². The molecule has 3 rings (SSSR count). The van der Waals surface area contributed by atoms with Gasteiger partial charge >= 0.3 is 0 Å². The number of ether oxygens (including phenoxy) is 1. The molecule has 0 aromatic heterocycles. The zero-order valence-electron chi connectivity index (χ0n) is 14.6. The van der Waals surface area contributed by atoms with Crippen molar-refractivity contribution in [2.45, 2.75) is 38.0 Å². The first-order valence-corrected chi connectivity index (χ1v) is 9.02. The van der Waals surface area contributed by atoms with Gasteiger partial charge in [-0.3, -0.25) is 0 Å². The van der Waals surface area contributed by atoms with Gasteiger partial charge in [-0.05, 0) is 69.3 Å². The van der Waals surface area contributed by atoms with Gasteiger partial charge in [-0.25, -0.2) is 0 Å². The molecule has 1 aromatic carbocycles. The van der Waals surface area contributed by atoms with Crippen molar-refractivity contribution in [2.24, 2.45) is 10.9 Å². The van der Waals surface area contributed by atoms with Crippen LogP contribution in [-0.2, 0) is 4.74 Å². The topological polar surface area (TPSA) is 24.8 Å². The van der Waals surface area contributed by atoms with Crippen LogP contribution in [0.1, 0.15) is 43.6 Å². The summed E-state index contributed by atoms with van der Waals surface area (Å²) in [6.45, 7) is 8.86. The Labute approximate surface area is 141 Å². The molecule has 0 amide bonds. The van der Waals surface area contributed by atoms with Crippen LogP contribution in [0.5, 0.6) is 0 Å². The van der Waals surface area contributed by atoms with E-state index in [2.05, 4.69) is 46.9 Å². The average Bonchev–Trinajstić information content (AvgIpc) is 3.45. The molecule has 2 aliphatic rings. The third-order valence-electron chi connectivity index (χ3n) is 4.86. The van der Waals surface area contributed by atoms with Crippen LogP contribution in [0, 0.1) is 5.92 Å². The van der Waals surface area contributed by atoms with Gasteiger partial charge in [0.25, 0.3) is 0 Å². The van der Waals surface area contributed by atoms with Gasteiger partial charge in [-0.2, -0.15) is 0 Å². The third-order valence-corrected chi connectivity index (χ3v) is 4.86. The second kappa shape index (κ2) is 10.6. The number of nitrogens with zero attached hydrogens (tertiary/aromatic N) is 2. The Morgan fingerprint density at radius 3 is 2.39 bits per heavy atom. The van der Waals surface area contributed by atoms with E-state index in [1.54, 1.807) is 7.11 Å². The van der Waals surface area contributed by atoms with Gasteiger partial charge in [0.1, 0.15) is 0 Å². The van der Waals surface area contributed by atoms with E-state index in [9.17, 15) is 0 Å². The van der Waals surface area contributed by atoms with E-state index in [1.165, 1.54) is 50.8 Å². The number of likely N-dealkylation sites (tertiary alicyclic amines) is 1. The summed E-state index contributed by atoms with van der Waals surface area (Å²) in [6, 6.07) is 10.8. The van der Waals surface area contributed by atoms with Crippen molar-refractivity contribution >= 4 is 6.72 Å². The van der Waals surface area contributed by atoms with Crippen LogP contribution in [0.3, 0.4) is 0 Å². The van der Waals surface area contributed by atoms with E-state index in [0.717, 1.165) is 31.5 Å². The molecular weight excluding hydrogens is 284 g/mol. The third kappa shape index (κ3) is 7.28. The summed E-state index contributed by atoms with van der Waals surface area (Å²) in [6.07, 6.45) is 6.67. The Hall–Kier alpha value is -1.19. The first-order chi connectivity index (χ1) is 11.3. The summed E-state index contributed by atoms with van der Waals surface area (Å²) < 4.78 is 5.07. The molecule has 3 heteroatoms. The Balaban J connectivity index is 0.000000182. The molecule has 0 spiro atoms. The second-order valence-electron chi connectivity index (χ2n) is 6.70. The molecule has 0 bridgehead atoms. The predicted octanol–water partition coefficient (Wildman–Crippen LogP) is 4.00. The largest absolute Gasteiger partial charge is 0.383 e. The van der Waals surface area contributed by atoms with Crippen molar-refractivity contribution in [3.63, 3.8) is 0 Å². The lowest BCUT2D eigenvalue weighted by Gasteiger charge is -2.31. The molecular formula is C20H32N2O. The average molecular weight is 316 g/mol. The highest BCUT2D eigenvalue weighted by molar-refractivity contribution is 5.23. The maximum Gasteiger partial charge on any atom is 0.0589 e. The van der Waals surface area contributed by atoms with E-state index in [4.69, 9.17) is 4.74 Å². The van der Waals surface area contributed by atoms with Crippen LogP contribution in [0.15, 0.2) is 35.3 Å². The lowest BCUT2D eigenvalue weighted by Crippen LogP contribution is -2.36. The van der Waals surface area contributed by atoms with E-state index in [0.29, 0.717) is 0 Å². The van der Waals surface area contributed by atoms with Gasteiger partial charge < -0.3 is 14.6 Å². The fourth-order valence-electron chi connectivity index (χ4n) is 3.13. The van der Waals surface area contributed by atoms with Gasteiger partial charge in [0.05, 0.1) is 6.61 Å². The molecule has 1 heterocycles. The molecule has 3 nitrogen and oxygen atoms in total. The fourth-order valence-corrected chi connectivity index (χ4v) is 3.13. The van der Waals surface area contributed by atoms with Crippen LogP contribution < -0.4 is 0 Å². The summed E-state index contributed by atoms with van der Waals surface area (Å²) >= 11 is 0. The summed E-state index contributed by atoms with van der Waals surface area (Å²) in [5, 5.41) is 0. The van der Waals surface area contributed by atoms with Crippen LogP contribution in [0.2, 0.25) is 0 Å². The molecule has 1 aromatic rings. The lowest BCUT2D eigenvalue weighted by molar-refractivity contribution is 0.119. The summed E-state index contributed by atoms with van der Waals surface area (Å²) in [7, 11) is 1.77. The minimum Gasteiger partial charge on any atom is -0.383 e. The fraction of sp³-hybridized carbons (Fsp3) is 0.650. The van der Waals surface area contributed by atoms with Crippen LogP contribution in [-0.4, -0.2) is 51.5 Å². The van der Waals surface area contributed by atoms with Crippen LogP contribution in [0.4, 0.5) is 0 Å². The zero-order valence-corrected chi connectivity index (χ0v) is 14.6. The van der Waals surface area contributed by atoms with E-state index >= 15 is 0 Å². The van der Waals surface area contributed by atoms with Crippen molar-refractivity contribution in [3.8, 4) is 0 Å². The highest BCUT2D eigenvalue weighted by Crippen LogP contribution is 2.39. The van der Waals surface area contributed by atoms with Crippen LogP contribution in [0.25, 0.3) is 0 Å². The van der Waals surface area contributed by atoms with Crippen LogP contribution >= 0.6 is 0 Å². The number of benzene rings is 1. The molecule has 1 saturated carbocycles. The summed E-state index contributed by atoms with van der Waals surface area (Å²) in [5.74, 6) is 1.78. The zero-order chi connectivity index (χ0) is 16.3. The monoisotopic (exact) mass is 316 g/mol. The maximum absolute atomic E-state index is 5.07. The van der Waals surface area contributed by atoms with E-state index < -0.39 is 0 Å². The Morgan fingerprint density at radius 2 is 1.83 bits per heavy atom. The lowest BCUT2D eigenvalue weighted by atomic mass is 9.94. The summed E-state index contributed by atoms with van der Waals surface area (Å²) in [5.41, 5.74) is 1.53. The number of hydrogen-bond donors (Lipinski definition) is 0. The molecule has 0 radical (unpaired) electrons. The predicted molar refractivity (Wildman–Crippen MR) is 98.5 cm³/mol. The maximum atomic E-state index is 5.07.